The van der Waals surface area contributed by atoms with E-state index in [0.717, 1.165) is 31.6 Å². The second-order valence-corrected chi connectivity index (χ2v) is 5.43. The Morgan fingerprint density at radius 2 is 1.90 bits per heavy atom. The highest BCUT2D eigenvalue weighted by molar-refractivity contribution is 6.28. The molecule has 0 N–H and O–H groups in total. The van der Waals surface area contributed by atoms with Crippen molar-refractivity contribution in [2.24, 2.45) is 0 Å². The van der Waals surface area contributed by atoms with Crippen LogP contribution in [0.3, 0.4) is 0 Å². The Morgan fingerprint density at radius 3 is 2.67 bits per heavy atom. The summed E-state index contributed by atoms with van der Waals surface area (Å²) in [5, 5.41) is 0.222. The normalized spacial score (nSPS) is 14.0. The summed E-state index contributed by atoms with van der Waals surface area (Å²) in [5.41, 5.74) is 2.36. The van der Waals surface area contributed by atoms with E-state index in [2.05, 4.69) is 38.7 Å². The van der Waals surface area contributed by atoms with Crippen LogP contribution in [0, 0.1) is 0 Å². The summed E-state index contributed by atoms with van der Waals surface area (Å²) in [4.78, 5) is 19.6. The lowest BCUT2D eigenvalue weighted by molar-refractivity contribution is 0.650. The molecule has 0 fully saturated rings. The van der Waals surface area contributed by atoms with Gasteiger partial charge >= 0.3 is 0 Å². The van der Waals surface area contributed by atoms with E-state index in [1.165, 1.54) is 18.5 Å². The number of halogens is 1. The maximum Gasteiger partial charge on any atom is 0.241 e. The first kappa shape index (κ1) is 14.3. The maximum atomic E-state index is 6.09. The summed E-state index contributed by atoms with van der Waals surface area (Å²) in [6.45, 7) is 5.80. The molecule has 0 bridgehead atoms. The monoisotopic (exact) mass is 306 g/mol. The van der Waals surface area contributed by atoms with Crippen LogP contribution in [0.25, 0.3) is 5.95 Å². The molecule has 0 saturated heterocycles. The molecule has 1 aliphatic rings. The first-order valence-electron chi connectivity index (χ1n) is 7.45. The van der Waals surface area contributed by atoms with E-state index in [1.807, 2.05) is 4.57 Å². The van der Waals surface area contributed by atoms with Crippen molar-refractivity contribution in [1.82, 2.24) is 24.5 Å². The van der Waals surface area contributed by atoms with Gasteiger partial charge in [-0.3, -0.25) is 4.57 Å². The van der Waals surface area contributed by atoms with Crippen LogP contribution in [-0.2, 0) is 12.8 Å². The van der Waals surface area contributed by atoms with Gasteiger partial charge in [0.2, 0.25) is 17.2 Å². The minimum absolute atomic E-state index is 0.222. The van der Waals surface area contributed by atoms with Crippen LogP contribution in [0.4, 0.5) is 5.95 Å². The van der Waals surface area contributed by atoms with E-state index in [-0.39, 0.29) is 5.28 Å². The fourth-order valence-corrected chi connectivity index (χ4v) is 2.88. The van der Waals surface area contributed by atoms with Crippen molar-refractivity contribution >= 4 is 17.5 Å². The molecule has 2 aromatic heterocycles. The van der Waals surface area contributed by atoms with Gasteiger partial charge < -0.3 is 4.90 Å². The highest BCUT2D eigenvalue weighted by Crippen LogP contribution is 2.23. The fourth-order valence-electron chi connectivity index (χ4n) is 2.73. The highest BCUT2D eigenvalue weighted by Gasteiger charge is 2.19. The summed E-state index contributed by atoms with van der Waals surface area (Å²) in [6, 6.07) is 0. The van der Waals surface area contributed by atoms with E-state index in [1.54, 1.807) is 6.33 Å². The number of fused-ring (bicyclic) bond motifs is 1. The van der Waals surface area contributed by atoms with Crippen molar-refractivity contribution in [3.8, 4) is 5.95 Å². The lowest BCUT2D eigenvalue weighted by atomic mass is 10.0. The predicted molar refractivity (Wildman–Crippen MR) is 82.2 cm³/mol. The van der Waals surface area contributed by atoms with Crippen molar-refractivity contribution in [2.45, 2.75) is 39.5 Å². The standard InChI is InChI=1S/C14H19ClN6/c1-3-20(4-2)13-17-12(15)18-14(19-13)21-9-16-10-7-5-6-8-11(10)21/h9H,3-8H2,1-2H3. The highest BCUT2D eigenvalue weighted by atomic mass is 35.5. The largest absolute Gasteiger partial charge is 0.341 e. The van der Waals surface area contributed by atoms with Gasteiger partial charge in [0.25, 0.3) is 0 Å². The van der Waals surface area contributed by atoms with Gasteiger partial charge in [0.15, 0.2) is 0 Å². The van der Waals surface area contributed by atoms with Gasteiger partial charge in [-0.05, 0) is 51.1 Å². The van der Waals surface area contributed by atoms with Crippen molar-refractivity contribution < 1.29 is 0 Å². The van der Waals surface area contributed by atoms with Crippen molar-refractivity contribution in [1.29, 1.82) is 0 Å². The van der Waals surface area contributed by atoms with E-state index in [4.69, 9.17) is 11.6 Å². The van der Waals surface area contributed by atoms with Gasteiger partial charge in [-0.25, -0.2) is 4.98 Å². The smallest absolute Gasteiger partial charge is 0.241 e. The van der Waals surface area contributed by atoms with Gasteiger partial charge in [0, 0.05) is 18.8 Å². The van der Waals surface area contributed by atoms with Crippen molar-refractivity contribution in [3.05, 3.63) is 23.0 Å². The Bertz CT molecular complexity index is 634. The third-order valence-corrected chi connectivity index (χ3v) is 4.05. The fraction of sp³-hybridized carbons (Fsp3) is 0.571. The SMILES string of the molecule is CCN(CC)c1nc(Cl)nc(-n2cnc3c2CCCC3)n1. The summed E-state index contributed by atoms with van der Waals surface area (Å²) >= 11 is 6.09. The first-order chi connectivity index (χ1) is 10.2. The van der Waals surface area contributed by atoms with Crippen molar-refractivity contribution in [3.63, 3.8) is 0 Å². The molecule has 2 heterocycles. The molecule has 1 aliphatic carbocycles. The second kappa shape index (κ2) is 5.97. The third-order valence-electron chi connectivity index (χ3n) is 3.88. The van der Waals surface area contributed by atoms with E-state index < -0.39 is 0 Å². The number of hydrogen-bond acceptors (Lipinski definition) is 5. The molecule has 0 radical (unpaired) electrons. The summed E-state index contributed by atoms with van der Waals surface area (Å²) < 4.78 is 1.95. The van der Waals surface area contributed by atoms with Crippen LogP contribution in [0.5, 0.6) is 0 Å². The Hall–Kier alpha value is -1.69. The van der Waals surface area contributed by atoms with Gasteiger partial charge in [0.05, 0.1) is 5.69 Å². The molecule has 112 valence electrons. The zero-order valence-corrected chi connectivity index (χ0v) is 13.1. The number of anilines is 1. The minimum atomic E-state index is 0.222. The number of aromatic nitrogens is 5. The average molecular weight is 307 g/mol. The molecule has 0 aliphatic heterocycles. The molecule has 6 nitrogen and oxygen atoms in total. The number of aryl methyl sites for hydroxylation is 1. The molecule has 0 amide bonds. The Kier molecular flexibility index (Phi) is 4.05. The Morgan fingerprint density at radius 1 is 1.14 bits per heavy atom. The number of nitrogens with zero attached hydrogens (tertiary/aromatic N) is 6. The topological polar surface area (TPSA) is 59.7 Å². The number of hydrogen-bond donors (Lipinski definition) is 0. The quantitative estimate of drug-likeness (QED) is 0.868. The third kappa shape index (κ3) is 2.72. The molecular weight excluding hydrogens is 288 g/mol. The molecule has 3 rings (SSSR count). The second-order valence-electron chi connectivity index (χ2n) is 5.09. The van der Waals surface area contributed by atoms with Gasteiger partial charge in [0.1, 0.15) is 6.33 Å². The van der Waals surface area contributed by atoms with Gasteiger partial charge in [-0.15, -0.1) is 0 Å². The summed E-state index contributed by atoms with van der Waals surface area (Å²) in [7, 11) is 0. The molecule has 0 spiro atoms. The van der Waals surface area contributed by atoms with Gasteiger partial charge in [-0.1, -0.05) is 0 Å². The lowest BCUT2D eigenvalue weighted by Crippen LogP contribution is -2.25. The minimum Gasteiger partial charge on any atom is -0.341 e. The predicted octanol–water partition coefficient (Wildman–Crippen LogP) is 2.44. The van der Waals surface area contributed by atoms with E-state index in [9.17, 15) is 0 Å². The van der Waals surface area contributed by atoms with Crippen LogP contribution >= 0.6 is 11.6 Å². The molecule has 7 heteroatoms. The molecule has 0 unspecified atom stereocenters. The van der Waals surface area contributed by atoms with Crippen LogP contribution in [0.15, 0.2) is 6.33 Å². The Labute approximate surface area is 129 Å². The van der Waals surface area contributed by atoms with E-state index in [0.29, 0.717) is 11.9 Å². The summed E-state index contributed by atoms with van der Waals surface area (Å²) in [5.74, 6) is 1.18. The molecular formula is C14H19ClN6. The molecule has 2 aromatic rings. The van der Waals surface area contributed by atoms with Crippen LogP contribution in [-0.4, -0.2) is 37.6 Å². The first-order valence-corrected chi connectivity index (χ1v) is 7.82. The summed E-state index contributed by atoms with van der Waals surface area (Å²) in [6.07, 6.45) is 6.23. The van der Waals surface area contributed by atoms with Crippen LogP contribution < -0.4 is 4.90 Å². The molecule has 0 saturated carbocycles. The van der Waals surface area contributed by atoms with Crippen LogP contribution in [0.1, 0.15) is 38.1 Å². The maximum absolute atomic E-state index is 6.09. The average Bonchev–Trinajstić information content (AvgIpc) is 2.92. The number of imidazole rings is 1. The zero-order chi connectivity index (χ0) is 14.8. The zero-order valence-electron chi connectivity index (χ0n) is 12.4. The van der Waals surface area contributed by atoms with E-state index >= 15 is 0 Å². The molecule has 0 atom stereocenters. The van der Waals surface area contributed by atoms with Crippen molar-refractivity contribution in [2.75, 3.05) is 18.0 Å². The number of rotatable bonds is 4. The lowest BCUT2D eigenvalue weighted by Gasteiger charge is -2.19. The Balaban J connectivity index is 2.04. The molecule has 21 heavy (non-hydrogen) atoms. The van der Waals surface area contributed by atoms with Crippen LogP contribution in [0.2, 0.25) is 5.28 Å². The molecule has 0 aromatic carbocycles. The van der Waals surface area contributed by atoms with Gasteiger partial charge in [-0.2, -0.15) is 15.0 Å².